The lowest BCUT2D eigenvalue weighted by atomic mass is 10.0. The Balaban J connectivity index is 2.28. The van der Waals surface area contributed by atoms with Crippen LogP contribution in [0, 0.1) is 10.1 Å². The molecule has 0 aliphatic rings. The summed E-state index contributed by atoms with van der Waals surface area (Å²) in [5.74, 6) is -0.132. The number of aromatic nitrogens is 2. The largest absolute Gasteiger partial charge is 0.394 e. The van der Waals surface area contributed by atoms with Gasteiger partial charge in [0.05, 0.1) is 22.6 Å². The van der Waals surface area contributed by atoms with Crippen LogP contribution in [0.15, 0.2) is 18.2 Å². The first kappa shape index (κ1) is 16.3. The number of imidazole rings is 1. The number of fused-ring (bicyclic) bond motifs is 1. The fourth-order valence-corrected chi connectivity index (χ4v) is 1.96. The average molecular weight is 313 g/mol. The van der Waals surface area contributed by atoms with E-state index in [9.17, 15) is 30.5 Å². The summed E-state index contributed by atoms with van der Waals surface area (Å²) < 4.78 is 0. The highest BCUT2D eigenvalue weighted by atomic mass is 16.6. The summed E-state index contributed by atoms with van der Waals surface area (Å²) >= 11 is 0. The third kappa shape index (κ3) is 3.05. The van der Waals surface area contributed by atoms with E-state index in [0.29, 0.717) is 5.52 Å². The standard InChI is InChI=1S/C12H15N3O7/c16-4-8(17)9(18)10(19)11(20)12-13-6-2-1-5(15(21)22)3-7(6)14-12/h1-3,8-11,16-20H,4H2,(H,13,14). The van der Waals surface area contributed by atoms with Crippen LogP contribution in [0.25, 0.3) is 11.0 Å². The number of aliphatic hydroxyl groups excluding tert-OH is 5. The number of H-pyrrole nitrogens is 1. The Morgan fingerprint density at radius 1 is 1.23 bits per heavy atom. The number of non-ortho nitro benzene ring substituents is 1. The Hall–Kier alpha value is -2.11. The molecule has 0 aliphatic heterocycles. The lowest BCUT2D eigenvalue weighted by Crippen LogP contribution is -2.42. The molecule has 2 aromatic rings. The van der Waals surface area contributed by atoms with Crippen LogP contribution in [0.3, 0.4) is 0 Å². The summed E-state index contributed by atoms with van der Waals surface area (Å²) in [5.41, 5.74) is 0.421. The number of aliphatic hydroxyl groups is 5. The molecule has 0 spiro atoms. The van der Waals surface area contributed by atoms with Crippen molar-refractivity contribution in [2.75, 3.05) is 6.61 Å². The molecular weight excluding hydrogens is 298 g/mol. The summed E-state index contributed by atoms with van der Waals surface area (Å²) in [6, 6.07) is 3.82. The smallest absolute Gasteiger partial charge is 0.271 e. The van der Waals surface area contributed by atoms with E-state index in [0.717, 1.165) is 0 Å². The maximum atomic E-state index is 10.7. The van der Waals surface area contributed by atoms with Crippen molar-refractivity contribution in [3.8, 4) is 0 Å². The fourth-order valence-electron chi connectivity index (χ4n) is 1.96. The highest BCUT2D eigenvalue weighted by molar-refractivity contribution is 5.77. The van der Waals surface area contributed by atoms with Crippen LogP contribution in [0.2, 0.25) is 0 Å². The predicted octanol–water partition coefficient (Wildman–Crippen LogP) is -1.42. The van der Waals surface area contributed by atoms with Gasteiger partial charge in [0.1, 0.15) is 30.2 Å². The van der Waals surface area contributed by atoms with Crippen LogP contribution in [0.5, 0.6) is 0 Å². The number of hydrogen-bond donors (Lipinski definition) is 6. The number of nitrogens with one attached hydrogen (secondary N) is 1. The average Bonchev–Trinajstić information content (AvgIpc) is 2.94. The van der Waals surface area contributed by atoms with Crippen molar-refractivity contribution >= 4 is 16.7 Å². The molecule has 0 amide bonds. The van der Waals surface area contributed by atoms with Crippen molar-refractivity contribution in [3.63, 3.8) is 0 Å². The summed E-state index contributed by atoms with van der Waals surface area (Å²) in [4.78, 5) is 16.7. The second-order valence-electron chi connectivity index (χ2n) is 4.76. The molecule has 22 heavy (non-hydrogen) atoms. The van der Waals surface area contributed by atoms with E-state index < -0.39 is 35.9 Å². The molecule has 0 saturated heterocycles. The lowest BCUT2D eigenvalue weighted by molar-refractivity contribution is -0.384. The van der Waals surface area contributed by atoms with Gasteiger partial charge in [-0.05, 0) is 6.07 Å². The molecule has 0 saturated carbocycles. The van der Waals surface area contributed by atoms with Gasteiger partial charge < -0.3 is 30.5 Å². The molecule has 4 atom stereocenters. The molecule has 10 nitrogen and oxygen atoms in total. The Morgan fingerprint density at radius 3 is 2.50 bits per heavy atom. The number of aromatic amines is 1. The van der Waals surface area contributed by atoms with Crippen molar-refractivity contribution in [2.45, 2.75) is 24.4 Å². The Kier molecular flexibility index (Phi) is 4.68. The van der Waals surface area contributed by atoms with Gasteiger partial charge in [0.15, 0.2) is 0 Å². The topological polar surface area (TPSA) is 173 Å². The number of benzene rings is 1. The Labute approximate surface area is 123 Å². The number of nitrogens with zero attached hydrogens (tertiary/aromatic N) is 2. The Bertz CT molecular complexity index is 674. The van der Waals surface area contributed by atoms with E-state index in [2.05, 4.69) is 9.97 Å². The fraction of sp³-hybridized carbons (Fsp3) is 0.417. The first-order valence-corrected chi connectivity index (χ1v) is 6.32. The maximum absolute atomic E-state index is 10.7. The highest BCUT2D eigenvalue weighted by Crippen LogP contribution is 2.24. The van der Waals surface area contributed by atoms with Crippen LogP contribution < -0.4 is 0 Å². The quantitative estimate of drug-likeness (QED) is 0.278. The van der Waals surface area contributed by atoms with Gasteiger partial charge in [-0.25, -0.2) is 4.98 Å². The van der Waals surface area contributed by atoms with Gasteiger partial charge in [0.25, 0.3) is 5.69 Å². The predicted molar refractivity (Wildman–Crippen MR) is 72.8 cm³/mol. The first-order chi connectivity index (χ1) is 10.3. The second kappa shape index (κ2) is 6.34. The van der Waals surface area contributed by atoms with E-state index in [1.54, 1.807) is 0 Å². The normalized spacial score (nSPS) is 17.1. The molecule has 0 aliphatic carbocycles. The van der Waals surface area contributed by atoms with Crippen molar-refractivity contribution in [2.24, 2.45) is 0 Å². The van der Waals surface area contributed by atoms with Gasteiger partial charge in [-0.3, -0.25) is 10.1 Å². The molecule has 0 radical (unpaired) electrons. The zero-order chi connectivity index (χ0) is 16.4. The number of nitro benzene ring substituents is 1. The number of rotatable bonds is 6. The minimum Gasteiger partial charge on any atom is -0.394 e. The SMILES string of the molecule is O=[N+]([O-])c1ccc2nc(C(O)C(O)C(O)C(O)CO)[nH]c2c1. The molecular formula is C12H15N3O7. The summed E-state index contributed by atoms with van der Waals surface area (Å²) in [6.07, 6.45) is -6.90. The van der Waals surface area contributed by atoms with Gasteiger partial charge in [0, 0.05) is 12.1 Å². The third-order valence-electron chi connectivity index (χ3n) is 3.23. The molecule has 0 fully saturated rings. The number of hydrogen-bond acceptors (Lipinski definition) is 8. The molecule has 0 bridgehead atoms. The first-order valence-electron chi connectivity index (χ1n) is 6.32. The molecule has 1 heterocycles. The molecule has 120 valence electrons. The van der Waals surface area contributed by atoms with Crippen molar-refractivity contribution in [3.05, 3.63) is 34.1 Å². The van der Waals surface area contributed by atoms with Gasteiger partial charge in [-0.15, -0.1) is 0 Å². The third-order valence-corrected chi connectivity index (χ3v) is 3.23. The van der Waals surface area contributed by atoms with Crippen LogP contribution >= 0.6 is 0 Å². The van der Waals surface area contributed by atoms with Crippen LogP contribution in [0.1, 0.15) is 11.9 Å². The lowest BCUT2D eigenvalue weighted by Gasteiger charge is -2.24. The monoisotopic (exact) mass is 313 g/mol. The highest BCUT2D eigenvalue weighted by Gasteiger charge is 2.32. The van der Waals surface area contributed by atoms with Crippen molar-refractivity contribution in [1.29, 1.82) is 0 Å². The van der Waals surface area contributed by atoms with E-state index in [4.69, 9.17) is 5.11 Å². The summed E-state index contributed by atoms with van der Waals surface area (Å²) in [6.45, 7) is -0.794. The zero-order valence-corrected chi connectivity index (χ0v) is 11.2. The van der Waals surface area contributed by atoms with Crippen molar-refractivity contribution in [1.82, 2.24) is 9.97 Å². The van der Waals surface area contributed by atoms with Gasteiger partial charge >= 0.3 is 0 Å². The Morgan fingerprint density at radius 2 is 1.91 bits per heavy atom. The van der Waals surface area contributed by atoms with Gasteiger partial charge in [-0.2, -0.15) is 0 Å². The van der Waals surface area contributed by atoms with Gasteiger partial charge in [0.2, 0.25) is 0 Å². The molecule has 2 rings (SSSR count). The number of nitro groups is 1. The van der Waals surface area contributed by atoms with E-state index >= 15 is 0 Å². The molecule has 1 aromatic carbocycles. The molecule has 4 unspecified atom stereocenters. The maximum Gasteiger partial charge on any atom is 0.271 e. The van der Waals surface area contributed by atoms with Crippen molar-refractivity contribution < 1.29 is 30.5 Å². The van der Waals surface area contributed by atoms with E-state index in [1.807, 2.05) is 0 Å². The van der Waals surface area contributed by atoms with Crippen LogP contribution in [-0.2, 0) is 0 Å². The zero-order valence-electron chi connectivity index (χ0n) is 11.2. The molecule has 1 aromatic heterocycles. The summed E-state index contributed by atoms with van der Waals surface area (Å²) in [7, 11) is 0. The van der Waals surface area contributed by atoms with E-state index in [1.165, 1.54) is 18.2 Å². The minimum atomic E-state index is -1.81. The second-order valence-corrected chi connectivity index (χ2v) is 4.76. The minimum absolute atomic E-state index is 0.132. The summed E-state index contributed by atoms with van der Waals surface area (Å²) in [5, 5.41) is 57.9. The van der Waals surface area contributed by atoms with E-state index in [-0.39, 0.29) is 17.0 Å². The molecule has 6 N–H and O–H groups in total. The molecule has 10 heteroatoms. The van der Waals surface area contributed by atoms with Crippen LogP contribution in [0.4, 0.5) is 5.69 Å². The van der Waals surface area contributed by atoms with Crippen LogP contribution in [-0.4, -0.2) is 65.3 Å². The van der Waals surface area contributed by atoms with Gasteiger partial charge in [-0.1, -0.05) is 0 Å².